The summed E-state index contributed by atoms with van der Waals surface area (Å²) in [4.78, 5) is 0. The molecule has 70 valence electrons. The van der Waals surface area contributed by atoms with Crippen LogP contribution in [0.2, 0.25) is 0 Å². The first-order chi connectivity index (χ1) is 5.70. The monoisotopic (exact) mass is 166 g/mol. The van der Waals surface area contributed by atoms with E-state index in [9.17, 15) is 0 Å². The molecular weight excluding hydrogens is 144 g/mol. The fourth-order valence-electron chi connectivity index (χ4n) is 1.14. The number of hydrogen-bond acceptors (Lipinski definition) is 0. The lowest BCUT2D eigenvalue weighted by Crippen LogP contribution is -1.77. The van der Waals surface area contributed by atoms with Gasteiger partial charge in [-0.15, -0.1) is 0 Å². The van der Waals surface area contributed by atoms with E-state index in [2.05, 4.69) is 39.8 Å². The Morgan fingerprint density at radius 1 is 1.00 bits per heavy atom. The van der Waals surface area contributed by atoms with Gasteiger partial charge in [0.1, 0.15) is 0 Å². The van der Waals surface area contributed by atoms with Crippen LogP contribution in [-0.4, -0.2) is 0 Å². The molecule has 0 amide bonds. The highest BCUT2D eigenvalue weighted by Crippen LogP contribution is 2.08. The molecule has 0 unspecified atom stereocenters. The fraction of sp³-hybridized carbons (Fsp3) is 0.667. The summed E-state index contributed by atoms with van der Waals surface area (Å²) in [5, 5.41) is 0. The molecule has 0 heterocycles. The third-order valence-electron chi connectivity index (χ3n) is 2.14. The van der Waals surface area contributed by atoms with Crippen LogP contribution >= 0.6 is 0 Å². The van der Waals surface area contributed by atoms with Gasteiger partial charge < -0.3 is 0 Å². The summed E-state index contributed by atoms with van der Waals surface area (Å²) in [5.41, 5.74) is 3.04. The molecule has 0 aromatic carbocycles. The Morgan fingerprint density at radius 2 is 1.67 bits per heavy atom. The van der Waals surface area contributed by atoms with Crippen LogP contribution in [0, 0.1) is 0 Å². The second-order valence-corrected chi connectivity index (χ2v) is 3.40. The average molecular weight is 166 g/mol. The Balaban J connectivity index is 3.62. The van der Waals surface area contributed by atoms with Gasteiger partial charge in [-0.2, -0.15) is 0 Å². The van der Waals surface area contributed by atoms with Crippen molar-refractivity contribution in [2.75, 3.05) is 0 Å². The molecule has 0 nitrogen and oxygen atoms in total. The molecule has 0 aromatic rings. The lowest BCUT2D eigenvalue weighted by Gasteiger charge is -1.98. The fourth-order valence-corrected chi connectivity index (χ4v) is 1.14. The summed E-state index contributed by atoms with van der Waals surface area (Å²) in [6.07, 6.45) is 9.47. The van der Waals surface area contributed by atoms with Crippen LogP contribution in [-0.2, 0) is 0 Å². The van der Waals surface area contributed by atoms with E-state index in [1.807, 2.05) is 0 Å². The van der Waals surface area contributed by atoms with Crippen molar-refractivity contribution >= 4 is 0 Å². The van der Waals surface area contributed by atoms with Gasteiger partial charge in [-0.25, -0.2) is 0 Å². The van der Waals surface area contributed by atoms with Crippen LogP contribution < -0.4 is 0 Å². The summed E-state index contributed by atoms with van der Waals surface area (Å²) in [7, 11) is 0. The predicted molar refractivity (Wildman–Crippen MR) is 57.3 cm³/mol. The third kappa shape index (κ3) is 6.21. The van der Waals surface area contributed by atoms with Crippen molar-refractivity contribution in [1.29, 1.82) is 0 Å². The Labute approximate surface area is 77.4 Å². The molecule has 0 atom stereocenters. The molecule has 0 N–H and O–H groups in total. The highest BCUT2D eigenvalue weighted by Gasteiger charge is 1.88. The van der Waals surface area contributed by atoms with Gasteiger partial charge in [-0.3, -0.25) is 0 Å². The molecule has 0 radical (unpaired) electrons. The van der Waals surface area contributed by atoms with Crippen molar-refractivity contribution in [2.24, 2.45) is 0 Å². The van der Waals surface area contributed by atoms with Gasteiger partial charge in [0.15, 0.2) is 0 Å². The summed E-state index contributed by atoms with van der Waals surface area (Å²) in [6.45, 7) is 8.83. The molecule has 0 saturated heterocycles. The van der Waals surface area contributed by atoms with E-state index >= 15 is 0 Å². The molecule has 12 heavy (non-hydrogen) atoms. The molecule has 0 bridgehead atoms. The SMILES string of the molecule is CCC=C(C)CC/C=C(\C)CC. The van der Waals surface area contributed by atoms with Crippen LogP contribution in [0.5, 0.6) is 0 Å². The lowest BCUT2D eigenvalue weighted by atomic mass is 10.1. The molecule has 0 spiro atoms. The number of hydrogen-bond donors (Lipinski definition) is 0. The minimum absolute atomic E-state index is 1.17. The molecule has 0 aromatic heterocycles. The van der Waals surface area contributed by atoms with Gasteiger partial charge in [0.25, 0.3) is 0 Å². The van der Waals surface area contributed by atoms with Crippen molar-refractivity contribution < 1.29 is 0 Å². The van der Waals surface area contributed by atoms with Gasteiger partial charge >= 0.3 is 0 Å². The molecule has 0 aliphatic heterocycles. The maximum atomic E-state index is 2.35. The summed E-state index contributed by atoms with van der Waals surface area (Å²) in [6, 6.07) is 0. The zero-order chi connectivity index (χ0) is 9.40. The van der Waals surface area contributed by atoms with Crippen LogP contribution in [0.25, 0.3) is 0 Å². The van der Waals surface area contributed by atoms with Crippen LogP contribution in [0.4, 0.5) is 0 Å². The first kappa shape index (κ1) is 11.5. The Hall–Kier alpha value is -0.520. The van der Waals surface area contributed by atoms with Gasteiger partial charge in [0.05, 0.1) is 0 Å². The Morgan fingerprint density at radius 3 is 2.17 bits per heavy atom. The van der Waals surface area contributed by atoms with E-state index < -0.39 is 0 Å². The summed E-state index contributed by atoms with van der Waals surface area (Å²) >= 11 is 0. The van der Waals surface area contributed by atoms with Gasteiger partial charge in [-0.1, -0.05) is 37.1 Å². The zero-order valence-corrected chi connectivity index (χ0v) is 8.98. The van der Waals surface area contributed by atoms with Gasteiger partial charge in [0.2, 0.25) is 0 Å². The van der Waals surface area contributed by atoms with Crippen LogP contribution in [0.1, 0.15) is 53.4 Å². The van der Waals surface area contributed by atoms with Crippen molar-refractivity contribution in [3.8, 4) is 0 Å². The van der Waals surface area contributed by atoms with E-state index in [0.717, 1.165) is 0 Å². The van der Waals surface area contributed by atoms with Crippen molar-refractivity contribution in [2.45, 2.75) is 53.4 Å². The highest BCUT2D eigenvalue weighted by molar-refractivity contribution is 5.02. The van der Waals surface area contributed by atoms with Gasteiger partial charge in [-0.05, 0) is 39.5 Å². The lowest BCUT2D eigenvalue weighted by molar-refractivity contribution is 0.939. The second-order valence-electron chi connectivity index (χ2n) is 3.40. The quantitative estimate of drug-likeness (QED) is 0.528. The normalized spacial score (nSPS) is 13.7. The topological polar surface area (TPSA) is 0 Å². The molecule has 0 aliphatic rings. The van der Waals surface area contributed by atoms with Crippen molar-refractivity contribution in [1.82, 2.24) is 0 Å². The van der Waals surface area contributed by atoms with Crippen LogP contribution in [0.15, 0.2) is 23.3 Å². The second kappa shape index (κ2) is 7.15. The van der Waals surface area contributed by atoms with Crippen molar-refractivity contribution in [3.05, 3.63) is 23.3 Å². The molecule has 0 aliphatic carbocycles. The van der Waals surface area contributed by atoms with Crippen LogP contribution in [0.3, 0.4) is 0 Å². The van der Waals surface area contributed by atoms with E-state index in [4.69, 9.17) is 0 Å². The molecule has 0 fully saturated rings. The maximum Gasteiger partial charge on any atom is -0.0288 e. The summed E-state index contributed by atoms with van der Waals surface area (Å²) < 4.78 is 0. The molecule has 0 heteroatoms. The zero-order valence-electron chi connectivity index (χ0n) is 8.98. The summed E-state index contributed by atoms with van der Waals surface area (Å²) in [5.74, 6) is 0. The van der Waals surface area contributed by atoms with E-state index in [-0.39, 0.29) is 0 Å². The van der Waals surface area contributed by atoms with Crippen molar-refractivity contribution in [3.63, 3.8) is 0 Å². The number of allylic oxidation sites excluding steroid dienone is 4. The maximum absolute atomic E-state index is 2.35. The molecule has 0 rings (SSSR count). The molecule has 0 saturated carbocycles. The smallest absolute Gasteiger partial charge is 0.0288 e. The standard InChI is InChI=1S/C12H22/c1-5-8-12(4)10-7-9-11(3)6-2/h8-9H,5-7,10H2,1-4H3/b11-9+,12-8?. The third-order valence-corrected chi connectivity index (χ3v) is 2.14. The van der Waals surface area contributed by atoms with E-state index in [0.29, 0.717) is 0 Å². The largest absolute Gasteiger partial charge is 0.0859 e. The Bertz CT molecular complexity index is 161. The Kier molecular flexibility index (Phi) is 6.84. The predicted octanol–water partition coefficient (Wildman–Crippen LogP) is 4.48. The highest BCUT2D eigenvalue weighted by atomic mass is 13.9. The minimum atomic E-state index is 1.17. The van der Waals surface area contributed by atoms with E-state index in [1.165, 1.54) is 36.8 Å². The van der Waals surface area contributed by atoms with Gasteiger partial charge in [0, 0.05) is 0 Å². The first-order valence-electron chi connectivity index (χ1n) is 5.02. The minimum Gasteiger partial charge on any atom is -0.0859 e. The first-order valence-corrected chi connectivity index (χ1v) is 5.02. The molecular formula is C12H22. The number of rotatable bonds is 5. The van der Waals surface area contributed by atoms with E-state index in [1.54, 1.807) is 0 Å². The average Bonchev–Trinajstić information content (AvgIpc) is 2.04.